The summed E-state index contributed by atoms with van der Waals surface area (Å²) >= 11 is 1.83. The van der Waals surface area contributed by atoms with Crippen LogP contribution in [-0.4, -0.2) is 7.05 Å². The Hall–Kier alpha value is -1.28. The number of nitrogens with zero attached hydrogens (tertiary/aromatic N) is 1. The number of benzene rings is 1. The molecule has 1 nitrogen and oxygen atoms in total. The van der Waals surface area contributed by atoms with E-state index >= 15 is 0 Å². The van der Waals surface area contributed by atoms with Crippen molar-refractivity contribution in [2.45, 2.75) is 20.3 Å². The maximum Gasteiger partial charge on any atom is 0.0953 e. The Morgan fingerprint density at radius 3 is 2.62 bits per heavy atom. The summed E-state index contributed by atoms with van der Waals surface area (Å²) in [5.74, 6) is 0. The van der Waals surface area contributed by atoms with Gasteiger partial charge in [0.05, 0.1) is 5.00 Å². The minimum Gasteiger partial charge on any atom is -0.336 e. The lowest BCUT2D eigenvalue weighted by Gasteiger charge is -2.17. The van der Waals surface area contributed by atoms with Crippen LogP contribution in [0.5, 0.6) is 0 Å². The van der Waals surface area contributed by atoms with Crippen LogP contribution in [0.25, 0.3) is 0 Å². The van der Waals surface area contributed by atoms with E-state index in [2.05, 4.69) is 62.2 Å². The van der Waals surface area contributed by atoms with Gasteiger partial charge in [0.15, 0.2) is 0 Å². The molecule has 0 amide bonds. The van der Waals surface area contributed by atoms with Gasteiger partial charge in [-0.1, -0.05) is 19.1 Å². The Kier molecular flexibility index (Phi) is 3.30. The summed E-state index contributed by atoms with van der Waals surface area (Å²) in [6.45, 7) is 4.33. The number of thiophene rings is 1. The summed E-state index contributed by atoms with van der Waals surface area (Å²) in [5.41, 5.74) is 2.65. The molecule has 1 aromatic heterocycles. The van der Waals surface area contributed by atoms with Crippen LogP contribution in [0.1, 0.15) is 17.4 Å². The van der Waals surface area contributed by atoms with Gasteiger partial charge in [0.1, 0.15) is 0 Å². The first-order chi connectivity index (χ1) is 7.70. The fourth-order valence-corrected chi connectivity index (χ4v) is 2.56. The molecule has 0 fully saturated rings. The third-order valence-corrected chi connectivity index (χ3v) is 3.84. The molecule has 0 atom stereocenters. The Bertz CT molecular complexity index is 473. The summed E-state index contributed by atoms with van der Waals surface area (Å²) in [5, 5.41) is 1.30. The Balaban J connectivity index is 2.29. The molecular formula is C14H17NS. The summed E-state index contributed by atoms with van der Waals surface area (Å²) < 4.78 is 0. The molecule has 0 bridgehead atoms. The number of aryl methyl sites for hydroxylation is 2. The zero-order valence-corrected chi connectivity index (χ0v) is 10.8. The summed E-state index contributed by atoms with van der Waals surface area (Å²) in [6, 6.07) is 13.1. The highest BCUT2D eigenvalue weighted by molar-refractivity contribution is 7.16. The molecule has 0 N–H and O–H groups in total. The lowest BCUT2D eigenvalue weighted by molar-refractivity contribution is 1.13. The quantitative estimate of drug-likeness (QED) is 0.757. The van der Waals surface area contributed by atoms with Crippen LogP contribution in [0.15, 0.2) is 36.4 Å². The van der Waals surface area contributed by atoms with Crippen molar-refractivity contribution in [2.24, 2.45) is 0 Å². The fraction of sp³-hybridized carbons (Fsp3) is 0.286. The molecule has 1 aromatic carbocycles. The van der Waals surface area contributed by atoms with Crippen molar-refractivity contribution in [1.82, 2.24) is 0 Å². The smallest absolute Gasteiger partial charge is 0.0953 e. The first-order valence-electron chi connectivity index (χ1n) is 5.60. The molecule has 2 rings (SSSR count). The predicted octanol–water partition coefficient (Wildman–Crippen LogP) is 4.39. The van der Waals surface area contributed by atoms with Crippen molar-refractivity contribution < 1.29 is 0 Å². The number of anilines is 2. The molecule has 2 aromatic rings. The topological polar surface area (TPSA) is 3.24 Å². The van der Waals surface area contributed by atoms with E-state index in [4.69, 9.17) is 0 Å². The molecule has 2 heteroatoms. The summed E-state index contributed by atoms with van der Waals surface area (Å²) in [4.78, 5) is 3.60. The average molecular weight is 231 g/mol. The highest BCUT2D eigenvalue weighted by Crippen LogP contribution is 2.30. The zero-order chi connectivity index (χ0) is 11.5. The summed E-state index contributed by atoms with van der Waals surface area (Å²) in [7, 11) is 2.13. The van der Waals surface area contributed by atoms with Crippen LogP contribution in [0, 0.1) is 6.92 Å². The lowest BCUT2D eigenvalue weighted by Crippen LogP contribution is -2.07. The van der Waals surface area contributed by atoms with E-state index in [0.717, 1.165) is 6.42 Å². The van der Waals surface area contributed by atoms with Gasteiger partial charge in [-0.2, -0.15) is 0 Å². The molecule has 0 spiro atoms. The van der Waals surface area contributed by atoms with E-state index < -0.39 is 0 Å². The van der Waals surface area contributed by atoms with Gasteiger partial charge in [0, 0.05) is 17.6 Å². The van der Waals surface area contributed by atoms with Gasteiger partial charge in [-0.25, -0.2) is 0 Å². The standard InChI is InChI=1S/C14H17NS/c1-4-12-6-5-7-13(10-12)15(3)14-9-8-11(2)16-14/h5-10H,4H2,1-3H3. The van der Waals surface area contributed by atoms with Gasteiger partial charge in [0.25, 0.3) is 0 Å². The largest absolute Gasteiger partial charge is 0.336 e. The highest BCUT2D eigenvalue weighted by atomic mass is 32.1. The second kappa shape index (κ2) is 4.71. The number of hydrogen-bond acceptors (Lipinski definition) is 2. The van der Waals surface area contributed by atoms with Gasteiger partial charge < -0.3 is 4.90 Å². The van der Waals surface area contributed by atoms with E-state index in [-0.39, 0.29) is 0 Å². The van der Waals surface area contributed by atoms with Gasteiger partial charge in [0.2, 0.25) is 0 Å². The summed E-state index contributed by atoms with van der Waals surface area (Å²) in [6.07, 6.45) is 1.09. The van der Waals surface area contributed by atoms with Crippen molar-refractivity contribution in [3.63, 3.8) is 0 Å². The maximum atomic E-state index is 2.26. The van der Waals surface area contributed by atoms with E-state index in [9.17, 15) is 0 Å². The zero-order valence-electron chi connectivity index (χ0n) is 10.0. The van der Waals surface area contributed by atoms with Crippen molar-refractivity contribution in [1.29, 1.82) is 0 Å². The molecule has 1 heterocycles. The second-order valence-electron chi connectivity index (χ2n) is 3.97. The van der Waals surface area contributed by atoms with E-state index in [0.29, 0.717) is 0 Å². The molecule has 0 aliphatic carbocycles. The van der Waals surface area contributed by atoms with Crippen LogP contribution >= 0.6 is 11.3 Å². The minimum atomic E-state index is 1.09. The molecule has 0 saturated heterocycles. The van der Waals surface area contributed by atoms with Crippen LogP contribution in [0.4, 0.5) is 10.7 Å². The van der Waals surface area contributed by atoms with Crippen LogP contribution < -0.4 is 4.90 Å². The Morgan fingerprint density at radius 2 is 2.00 bits per heavy atom. The molecule has 84 valence electrons. The SMILES string of the molecule is CCc1cccc(N(C)c2ccc(C)s2)c1. The number of rotatable bonds is 3. The predicted molar refractivity (Wildman–Crippen MR) is 72.9 cm³/mol. The van der Waals surface area contributed by atoms with Crippen LogP contribution in [0.3, 0.4) is 0 Å². The lowest BCUT2D eigenvalue weighted by atomic mass is 10.1. The van der Waals surface area contributed by atoms with Gasteiger partial charge in [-0.3, -0.25) is 0 Å². The third-order valence-electron chi connectivity index (χ3n) is 2.76. The first-order valence-corrected chi connectivity index (χ1v) is 6.41. The first kappa shape index (κ1) is 11.2. The van der Waals surface area contributed by atoms with Gasteiger partial charge in [-0.15, -0.1) is 11.3 Å². The minimum absolute atomic E-state index is 1.09. The van der Waals surface area contributed by atoms with E-state index in [1.807, 2.05) is 11.3 Å². The highest BCUT2D eigenvalue weighted by Gasteiger charge is 2.05. The monoisotopic (exact) mass is 231 g/mol. The van der Waals surface area contributed by atoms with Gasteiger partial charge in [-0.05, 0) is 43.2 Å². The average Bonchev–Trinajstić information content (AvgIpc) is 2.75. The molecular weight excluding hydrogens is 214 g/mol. The molecule has 16 heavy (non-hydrogen) atoms. The maximum absolute atomic E-state index is 2.26. The number of hydrogen-bond donors (Lipinski definition) is 0. The van der Waals surface area contributed by atoms with Crippen molar-refractivity contribution in [3.8, 4) is 0 Å². The molecule has 0 radical (unpaired) electrons. The van der Waals surface area contributed by atoms with Gasteiger partial charge >= 0.3 is 0 Å². The molecule has 0 unspecified atom stereocenters. The van der Waals surface area contributed by atoms with E-state index in [1.165, 1.54) is 21.1 Å². The molecule has 0 aliphatic heterocycles. The fourth-order valence-electron chi connectivity index (χ4n) is 1.71. The Labute approximate surface area is 101 Å². The normalized spacial score (nSPS) is 10.4. The third kappa shape index (κ3) is 2.27. The van der Waals surface area contributed by atoms with E-state index in [1.54, 1.807) is 0 Å². The molecule has 0 aliphatic rings. The van der Waals surface area contributed by atoms with Crippen molar-refractivity contribution >= 4 is 22.0 Å². The van der Waals surface area contributed by atoms with Crippen molar-refractivity contribution in [2.75, 3.05) is 11.9 Å². The second-order valence-corrected chi connectivity index (χ2v) is 5.23. The Morgan fingerprint density at radius 1 is 1.19 bits per heavy atom. The molecule has 0 saturated carbocycles. The van der Waals surface area contributed by atoms with Crippen molar-refractivity contribution in [3.05, 3.63) is 46.8 Å². The van der Waals surface area contributed by atoms with Crippen LogP contribution in [-0.2, 0) is 6.42 Å². The van der Waals surface area contributed by atoms with Crippen LogP contribution in [0.2, 0.25) is 0 Å².